The highest BCUT2D eigenvalue weighted by Gasteiger charge is 2.21. The number of aryl methyl sites for hydroxylation is 1. The van der Waals surface area contributed by atoms with Crippen molar-refractivity contribution in [3.63, 3.8) is 0 Å². The normalized spacial score (nSPS) is 11.0. The molecule has 9 nitrogen and oxygen atoms in total. The van der Waals surface area contributed by atoms with Crippen molar-refractivity contribution in [2.24, 2.45) is 0 Å². The number of rotatable bonds is 7. The quantitative estimate of drug-likeness (QED) is 0.754. The summed E-state index contributed by atoms with van der Waals surface area (Å²) in [4.78, 5) is 23.1. The van der Waals surface area contributed by atoms with E-state index in [9.17, 15) is 18.0 Å². The highest BCUT2D eigenvalue weighted by molar-refractivity contribution is 7.92. The average Bonchev–Trinajstić information content (AvgIpc) is 2.93. The van der Waals surface area contributed by atoms with Crippen molar-refractivity contribution in [3.05, 3.63) is 36.1 Å². The second-order valence-electron chi connectivity index (χ2n) is 5.69. The van der Waals surface area contributed by atoms with E-state index in [-0.39, 0.29) is 30.6 Å². The second kappa shape index (κ2) is 8.00. The first-order chi connectivity index (χ1) is 12.1. The molecule has 1 heterocycles. The number of carbonyl (C=O) groups excluding carboxylic acids is 2. The highest BCUT2D eigenvalue weighted by Crippen LogP contribution is 2.18. The van der Waals surface area contributed by atoms with Gasteiger partial charge in [0.25, 0.3) is 0 Å². The van der Waals surface area contributed by atoms with Gasteiger partial charge in [0.1, 0.15) is 5.76 Å². The minimum atomic E-state index is -3.60. The molecule has 0 saturated heterocycles. The molecule has 0 aliphatic carbocycles. The Morgan fingerprint density at radius 1 is 1.15 bits per heavy atom. The number of nitrogens with one attached hydrogen (secondary N) is 2. The molecule has 2 rings (SSSR count). The summed E-state index contributed by atoms with van der Waals surface area (Å²) in [6.07, 6.45) is 0.974. The van der Waals surface area contributed by atoms with Crippen LogP contribution in [0.3, 0.4) is 0 Å². The predicted octanol–water partition coefficient (Wildman–Crippen LogP) is 1.74. The van der Waals surface area contributed by atoms with Crippen LogP contribution in [0.2, 0.25) is 0 Å². The van der Waals surface area contributed by atoms with Gasteiger partial charge in [0.15, 0.2) is 5.82 Å². The third-order valence-corrected chi connectivity index (χ3v) is 4.47. The van der Waals surface area contributed by atoms with Crippen molar-refractivity contribution < 1.29 is 22.5 Å². The molecule has 140 valence electrons. The van der Waals surface area contributed by atoms with E-state index in [2.05, 4.69) is 15.8 Å². The lowest BCUT2D eigenvalue weighted by molar-refractivity contribution is -0.116. The Morgan fingerprint density at radius 2 is 1.73 bits per heavy atom. The summed E-state index contributed by atoms with van der Waals surface area (Å²) in [7, 11) is -3.60. The summed E-state index contributed by atoms with van der Waals surface area (Å²) in [5.74, 6) is 0.0618. The minimum absolute atomic E-state index is 0.0631. The van der Waals surface area contributed by atoms with Gasteiger partial charge in [-0.15, -0.1) is 0 Å². The third-order valence-electron chi connectivity index (χ3n) is 3.30. The number of hydrogen-bond acceptors (Lipinski definition) is 6. The minimum Gasteiger partial charge on any atom is -0.360 e. The van der Waals surface area contributed by atoms with Crippen molar-refractivity contribution in [2.45, 2.75) is 20.3 Å². The fourth-order valence-corrected chi connectivity index (χ4v) is 3.04. The summed E-state index contributed by atoms with van der Waals surface area (Å²) < 4.78 is 29.7. The van der Waals surface area contributed by atoms with Gasteiger partial charge in [0.2, 0.25) is 21.8 Å². The van der Waals surface area contributed by atoms with Gasteiger partial charge in [-0.1, -0.05) is 5.16 Å². The molecule has 2 amide bonds. The number of amides is 2. The molecule has 0 aliphatic heterocycles. The maximum absolute atomic E-state index is 12.1. The smallest absolute Gasteiger partial charge is 0.233 e. The van der Waals surface area contributed by atoms with Gasteiger partial charge in [-0.05, 0) is 31.2 Å². The Kier molecular flexibility index (Phi) is 5.98. The summed E-state index contributed by atoms with van der Waals surface area (Å²) in [6.45, 7) is 2.98. The molecule has 1 aromatic carbocycles. The van der Waals surface area contributed by atoms with E-state index in [4.69, 9.17) is 4.52 Å². The molecular weight excluding hydrogens is 360 g/mol. The number of aromatic nitrogens is 1. The molecule has 1 aromatic heterocycles. The number of carbonyl (C=O) groups is 2. The SMILES string of the molecule is CC(=O)Nc1ccc(NC(=O)CCN(c2cc(C)on2)S(C)(=O)=O)cc1. The fourth-order valence-electron chi connectivity index (χ4n) is 2.19. The van der Waals surface area contributed by atoms with Crippen molar-refractivity contribution in [1.82, 2.24) is 5.16 Å². The maximum atomic E-state index is 12.1. The monoisotopic (exact) mass is 380 g/mol. The summed E-state index contributed by atoms with van der Waals surface area (Å²) in [5.41, 5.74) is 1.15. The van der Waals surface area contributed by atoms with E-state index in [1.165, 1.54) is 13.0 Å². The number of hydrogen-bond donors (Lipinski definition) is 2. The van der Waals surface area contributed by atoms with Crippen LogP contribution in [0.25, 0.3) is 0 Å². The standard InChI is InChI=1S/C16H20N4O5S/c1-11-10-15(19-25-11)20(26(3,23)24)9-8-16(22)18-14-6-4-13(5-7-14)17-12(2)21/h4-7,10H,8-9H2,1-3H3,(H,17,21)(H,18,22). The van der Waals surface area contributed by atoms with Crippen molar-refractivity contribution in [2.75, 3.05) is 27.7 Å². The van der Waals surface area contributed by atoms with Crippen LogP contribution in [-0.4, -0.2) is 38.2 Å². The summed E-state index contributed by atoms with van der Waals surface area (Å²) in [6, 6.07) is 8.06. The summed E-state index contributed by atoms with van der Waals surface area (Å²) in [5, 5.41) is 8.97. The Labute approximate surface area is 151 Å². The molecule has 26 heavy (non-hydrogen) atoms. The van der Waals surface area contributed by atoms with Crippen LogP contribution in [0, 0.1) is 6.92 Å². The lowest BCUT2D eigenvalue weighted by Crippen LogP contribution is -2.33. The predicted molar refractivity (Wildman–Crippen MR) is 97.4 cm³/mol. The maximum Gasteiger partial charge on any atom is 0.233 e. The lowest BCUT2D eigenvalue weighted by atomic mass is 10.2. The molecule has 10 heteroatoms. The lowest BCUT2D eigenvalue weighted by Gasteiger charge is -2.18. The average molecular weight is 380 g/mol. The van der Waals surface area contributed by atoms with E-state index in [1.807, 2.05) is 0 Å². The molecule has 0 aliphatic rings. The van der Waals surface area contributed by atoms with Crippen LogP contribution >= 0.6 is 0 Å². The van der Waals surface area contributed by atoms with Gasteiger partial charge in [-0.25, -0.2) is 8.42 Å². The third kappa shape index (κ3) is 5.59. The van der Waals surface area contributed by atoms with Crippen LogP contribution < -0.4 is 14.9 Å². The fraction of sp³-hybridized carbons (Fsp3) is 0.312. The van der Waals surface area contributed by atoms with Crippen LogP contribution in [0.4, 0.5) is 17.2 Å². The Balaban J connectivity index is 1.97. The van der Waals surface area contributed by atoms with E-state index in [0.29, 0.717) is 17.1 Å². The first kappa shape index (κ1) is 19.4. The van der Waals surface area contributed by atoms with E-state index >= 15 is 0 Å². The highest BCUT2D eigenvalue weighted by atomic mass is 32.2. The molecule has 0 fully saturated rings. The van der Waals surface area contributed by atoms with E-state index < -0.39 is 10.0 Å². The molecule has 0 radical (unpaired) electrons. The summed E-state index contributed by atoms with van der Waals surface area (Å²) >= 11 is 0. The van der Waals surface area contributed by atoms with Gasteiger partial charge in [-0.3, -0.25) is 13.9 Å². The van der Waals surface area contributed by atoms with Gasteiger partial charge >= 0.3 is 0 Å². The molecule has 2 aromatic rings. The van der Waals surface area contributed by atoms with Crippen molar-refractivity contribution >= 4 is 39.0 Å². The number of anilines is 3. The zero-order valence-corrected chi connectivity index (χ0v) is 15.5. The van der Waals surface area contributed by atoms with Crippen LogP contribution in [0.5, 0.6) is 0 Å². The van der Waals surface area contributed by atoms with Crippen LogP contribution in [0.15, 0.2) is 34.9 Å². The molecule has 0 spiro atoms. The topological polar surface area (TPSA) is 122 Å². The van der Waals surface area contributed by atoms with Crippen molar-refractivity contribution in [3.8, 4) is 0 Å². The molecule has 0 atom stereocenters. The van der Waals surface area contributed by atoms with Crippen LogP contribution in [-0.2, 0) is 19.6 Å². The largest absolute Gasteiger partial charge is 0.360 e. The first-order valence-electron chi connectivity index (χ1n) is 7.73. The van der Waals surface area contributed by atoms with E-state index in [0.717, 1.165) is 10.6 Å². The van der Waals surface area contributed by atoms with Crippen LogP contribution in [0.1, 0.15) is 19.1 Å². The van der Waals surface area contributed by atoms with Gasteiger partial charge in [0.05, 0.1) is 6.26 Å². The Morgan fingerprint density at radius 3 is 2.19 bits per heavy atom. The zero-order chi connectivity index (χ0) is 19.3. The van der Waals surface area contributed by atoms with Gasteiger partial charge in [-0.2, -0.15) is 0 Å². The van der Waals surface area contributed by atoms with Gasteiger partial charge < -0.3 is 15.2 Å². The number of benzene rings is 1. The van der Waals surface area contributed by atoms with E-state index in [1.54, 1.807) is 31.2 Å². The first-order valence-corrected chi connectivity index (χ1v) is 9.58. The Bertz CT molecular complexity index is 890. The molecule has 0 bridgehead atoms. The number of sulfonamides is 1. The second-order valence-corrected chi connectivity index (χ2v) is 7.59. The zero-order valence-electron chi connectivity index (χ0n) is 14.6. The van der Waals surface area contributed by atoms with Gasteiger partial charge in [0, 0.05) is 37.3 Å². The molecule has 2 N–H and O–H groups in total. The Hall–Kier alpha value is -2.88. The van der Waals surface area contributed by atoms with Crippen molar-refractivity contribution in [1.29, 1.82) is 0 Å². The molecule has 0 saturated carbocycles. The molecule has 0 unspecified atom stereocenters. The number of nitrogens with zero attached hydrogens (tertiary/aromatic N) is 2. The molecular formula is C16H20N4O5S.